The number of nitrogens with one attached hydrogen (secondary N) is 2. The summed E-state index contributed by atoms with van der Waals surface area (Å²) in [5, 5.41) is 5.10. The Hall–Kier alpha value is -0.190. The van der Waals surface area contributed by atoms with E-state index < -0.39 is 0 Å². The quantitative estimate of drug-likeness (QED) is 0.793. The van der Waals surface area contributed by atoms with E-state index in [2.05, 4.69) is 28.5 Å². The largest absolute Gasteiger partial charge is 0.344 e. The summed E-state index contributed by atoms with van der Waals surface area (Å²) in [7, 11) is 0. The summed E-state index contributed by atoms with van der Waals surface area (Å²) in [5.74, 6) is 1.03. The summed E-state index contributed by atoms with van der Waals surface area (Å²) in [6, 6.07) is 0.625. The zero-order valence-electron chi connectivity index (χ0n) is 12.5. The van der Waals surface area contributed by atoms with Gasteiger partial charge in [0.05, 0.1) is 5.69 Å². The molecule has 0 aliphatic heterocycles. The van der Waals surface area contributed by atoms with E-state index in [4.69, 9.17) is 11.6 Å². The third kappa shape index (κ3) is 4.68. The fourth-order valence-electron chi connectivity index (χ4n) is 2.81. The second kappa shape index (κ2) is 8.30. The number of hydrogen-bond donors (Lipinski definition) is 2. The first-order chi connectivity index (χ1) is 9.72. The third-order valence-electron chi connectivity index (χ3n) is 4.07. The second-order valence-corrected chi connectivity index (χ2v) is 7.15. The van der Waals surface area contributed by atoms with E-state index in [1.807, 2.05) is 11.8 Å². The molecule has 2 N–H and O–H groups in total. The third-order valence-corrected chi connectivity index (χ3v) is 5.48. The average Bonchev–Trinajstić information content (AvgIpc) is 2.83. The number of imidazole rings is 1. The van der Waals surface area contributed by atoms with Crippen LogP contribution in [0.2, 0.25) is 5.15 Å². The standard InChI is InChI=1S/C15H26ClN3S/c1-3-4-8-14-18-13(15(16)19-14)10-17-11-6-5-7-12(9-11)20-2/h11-12,17H,3-10H2,1-2H3,(H,18,19). The molecule has 0 bridgehead atoms. The van der Waals surface area contributed by atoms with Crippen molar-refractivity contribution < 1.29 is 0 Å². The summed E-state index contributed by atoms with van der Waals surface area (Å²) in [6.45, 7) is 3.00. The highest BCUT2D eigenvalue weighted by molar-refractivity contribution is 7.99. The Kier molecular flexibility index (Phi) is 6.72. The van der Waals surface area contributed by atoms with Crippen LogP contribution in [-0.2, 0) is 13.0 Å². The van der Waals surface area contributed by atoms with E-state index in [1.165, 1.54) is 32.1 Å². The van der Waals surface area contributed by atoms with Gasteiger partial charge in [-0.1, -0.05) is 31.4 Å². The number of aromatic amines is 1. The summed E-state index contributed by atoms with van der Waals surface area (Å²) >= 11 is 8.21. The maximum absolute atomic E-state index is 6.21. The van der Waals surface area contributed by atoms with Gasteiger partial charge in [-0.25, -0.2) is 4.98 Å². The molecule has 3 nitrogen and oxygen atoms in total. The lowest BCUT2D eigenvalue weighted by Crippen LogP contribution is -2.34. The number of aromatic nitrogens is 2. The van der Waals surface area contributed by atoms with Crippen LogP contribution >= 0.6 is 23.4 Å². The van der Waals surface area contributed by atoms with Crippen molar-refractivity contribution in [3.8, 4) is 0 Å². The van der Waals surface area contributed by atoms with Gasteiger partial charge in [-0.3, -0.25) is 0 Å². The van der Waals surface area contributed by atoms with Gasteiger partial charge in [0.25, 0.3) is 0 Å². The van der Waals surface area contributed by atoms with Crippen LogP contribution in [0.15, 0.2) is 0 Å². The van der Waals surface area contributed by atoms with Crippen LogP contribution in [0.5, 0.6) is 0 Å². The van der Waals surface area contributed by atoms with Gasteiger partial charge in [0.1, 0.15) is 5.82 Å². The Bertz CT molecular complexity index is 408. The molecule has 0 spiro atoms. The molecule has 2 atom stereocenters. The zero-order valence-corrected chi connectivity index (χ0v) is 14.1. The van der Waals surface area contributed by atoms with E-state index in [1.54, 1.807) is 0 Å². The number of halogens is 1. The van der Waals surface area contributed by atoms with Crippen LogP contribution in [0, 0.1) is 0 Å². The van der Waals surface area contributed by atoms with E-state index >= 15 is 0 Å². The fraction of sp³-hybridized carbons (Fsp3) is 0.800. The van der Waals surface area contributed by atoms with Crippen LogP contribution in [0.4, 0.5) is 0 Å². The van der Waals surface area contributed by atoms with Crippen LogP contribution in [-0.4, -0.2) is 27.5 Å². The number of nitrogens with zero attached hydrogens (tertiary/aromatic N) is 1. The van der Waals surface area contributed by atoms with Gasteiger partial charge in [-0.05, 0) is 31.9 Å². The van der Waals surface area contributed by atoms with Crippen molar-refractivity contribution >= 4 is 23.4 Å². The number of unbranched alkanes of at least 4 members (excludes halogenated alkanes) is 1. The van der Waals surface area contributed by atoms with E-state index in [0.29, 0.717) is 11.2 Å². The number of thioether (sulfide) groups is 1. The average molecular weight is 316 g/mol. The van der Waals surface area contributed by atoms with Crippen molar-refractivity contribution in [2.45, 2.75) is 69.7 Å². The fourth-order valence-corrected chi connectivity index (χ4v) is 3.85. The summed E-state index contributed by atoms with van der Waals surface area (Å²) in [5.41, 5.74) is 1.05. The summed E-state index contributed by atoms with van der Waals surface area (Å²) in [4.78, 5) is 7.78. The predicted octanol–water partition coefficient (Wildman–Crippen LogP) is 4.17. The lowest BCUT2D eigenvalue weighted by atomic mass is 9.95. The Labute approximate surface area is 131 Å². The molecule has 0 radical (unpaired) electrons. The first-order valence-corrected chi connectivity index (χ1v) is 9.39. The molecule has 20 heavy (non-hydrogen) atoms. The van der Waals surface area contributed by atoms with Crippen molar-refractivity contribution in [1.29, 1.82) is 0 Å². The molecule has 2 rings (SSSR count). The maximum Gasteiger partial charge on any atom is 0.151 e. The van der Waals surface area contributed by atoms with E-state index in [0.717, 1.165) is 36.2 Å². The van der Waals surface area contributed by atoms with Crippen LogP contribution in [0.25, 0.3) is 0 Å². The molecule has 0 saturated heterocycles. The van der Waals surface area contributed by atoms with Crippen molar-refractivity contribution in [3.63, 3.8) is 0 Å². The molecule has 0 aromatic carbocycles. The van der Waals surface area contributed by atoms with Crippen LogP contribution in [0.1, 0.15) is 57.0 Å². The highest BCUT2D eigenvalue weighted by atomic mass is 35.5. The maximum atomic E-state index is 6.21. The van der Waals surface area contributed by atoms with Gasteiger partial charge in [-0.2, -0.15) is 11.8 Å². The molecular formula is C15H26ClN3S. The SMILES string of the molecule is CCCCc1nc(Cl)c(CNC2CCCC(SC)C2)[nH]1. The van der Waals surface area contributed by atoms with Crippen molar-refractivity contribution in [1.82, 2.24) is 15.3 Å². The second-order valence-electron chi connectivity index (χ2n) is 5.66. The summed E-state index contributed by atoms with van der Waals surface area (Å²) < 4.78 is 0. The molecular weight excluding hydrogens is 290 g/mol. The first-order valence-electron chi connectivity index (χ1n) is 7.72. The molecule has 1 saturated carbocycles. The van der Waals surface area contributed by atoms with Gasteiger partial charge in [0.2, 0.25) is 0 Å². The highest BCUT2D eigenvalue weighted by Gasteiger charge is 2.21. The monoisotopic (exact) mass is 315 g/mol. The van der Waals surface area contributed by atoms with Gasteiger partial charge in [0, 0.05) is 24.3 Å². The Morgan fingerprint density at radius 1 is 1.45 bits per heavy atom. The minimum atomic E-state index is 0.625. The number of rotatable bonds is 7. The predicted molar refractivity (Wildman–Crippen MR) is 88.6 cm³/mol. The first kappa shape index (κ1) is 16.2. The van der Waals surface area contributed by atoms with Gasteiger partial charge in [-0.15, -0.1) is 0 Å². The van der Waals surface area contributed by atoms with Gasteiger partial charge < -0.3 is 10.3 Å². The topological polar surface area (TPSA) is 40.7 Å². The van der Waals surface area contributed by atoms with E-state index in [9.17, 15) is 0 Å². The minimum absolute atomic E-state index is 0.625. The minimum Gasteiger partial charge on any atom is -0.344 e. The zero-order chi connectivity index (χ0) is 14.4. The number of H-pyrrole nitrogens is 1. The lowest BCUT2D eigenvalue weighted by molar-refractivity contribution is 0.378. The number of hydrogen-bond acceptors (Lipinski definition) is 3. The Morgan fingerprint density at radius 3 is 3.05 bits per heavy atom. The molecule has 114 valence electrons. The van der Waals surface area contributed by atoms with Crippen molar-refractivity contribution in [2.75, 3.05) is 6.26 Å². The van der Waals surface area contributed by atoms with Crippen molar-refractivity contribution in [2.24, 2.45) is 0 Å². The lowest BCUT2D eigenvalue weighted by Gasteiger charge is -2.28. The molecule has 1 fully saturated rings. The van der Waals surface area contributed by atoms with Gasteiger partial charge >= 0.3 is 0 Å². The normalized spacial score (nSPS) is 23.1. The smallest absolute Gasteiger partial charge is 0.151 e. The Balaban J connectivity index is 1.82. The van der Waals surface area contributed by atoms with Crippen LogP contribution < -0.4 is 5.32 Å². The Morgan fingerprint density at radius 2 is 2.30 bits per heavy atom. The van der Waals surface area contributed by atoms with E-state index in [-0.39, 0.29) is 0 Å². The molecule has 1 aromatic heterocycles. The molecule has 1 aliphatic carbocycles. The molecule has 1 heterocycles. The molecule has 1 aromatic rings. The highest BCUT2D eigenvalue weighted by Crippen LogP contribution is 2.27. The molecule has 5 heteroatoms. The number of aryl methyl sites for hydroxylation is 1. The summed E-state index contributed by atoms with van der Waals surface area (Å²) in [6.07, 6.45) is 10.8. The molecule has 1 aliphatic rings. The van der Waals surface area contributed by atoms with Crippen LogP contribution in [0.3, 0.4) is 0 Å². The molecule has 2 unspecified atom stereocenters. The molecule has 0 amide bonds. The van der Waals surface area contributed by atoms with Crippen molar-refractivity contribution in [3.05, 3.63) is 16.7 Å². The van der Waals surface area contributed by atoms with Gasteiger partial charge in [0.15, 0.2) is 5.15 Å².